The van der Waals surface area contributed by atoms with Crippen LogP contribution in [0.1, 0.15) is 26.3 Å². The average Bonchev–Trinajstić information content (AvgIpc) is 2.34. The highest BCUT2D eigenvalue weighted by Crippen LogP contribution is 2.07. The minimum atomic E-state index is -0.219. The van der Waals surface area contributed by atoms with Crippen LogP contribution in [0.2, 0.25) is 0 Å². The molecular weight excluding hydrogens is 250 g/mol. The molecule has 102 valence electrons. The zero-order valence-electron chi connectivity index (χ0n) is 11.2. The Morgan fingerprint density at radius 2 is 1.89 bits per heavy atom. The number of ether oxygens (including phenoxy) is 1. The SMILES string of the molecule is CCN[C@@H](C(=O)OCc1ccccc1)C(C)C.Cl. The standard InChI is InChI=1S/C14H21NO2.ClH/c1-4-15-13(11(2)3)14(16)17-10-12-8-6-5-7-9-12;/h5-9,11,13,15H,4,10H2,1-3H3;1H/t13-;/m1./s1. The fourth-order valence-electron chi connectivity index (χ4n) is 1.63. The third kappa shape index (κ3) is 5.52. The van der Waals surface area contributed by atoms with E-state index < -0.39 is 0 Å². The van der Waals surface area contributed by atoms with Crippen molar-refractivity contribution in [3.8, 4) is 0 Å². The Balaban J connectivity index is 0.00000289. The number of likely N-dealkylation sites (N-methyl/N-ethyl adjacent to an activating group) is 1. The lowest BCUT2D eigenvalue weighted by Crippen LogP contribution is -2.41. The van der Waals surface area contributed by atoms with Crippen LogP contribution in [-0.2, 0) is 16.1 Å². The van der Waals surface area contributed by atoms with Gasteiger partial charge in [0.25, 0.3) is 0 Å². The maximum absolute atomic E-state index is 11.9. The molecule has 0 spiro atoms. The molecule has 0 saturated heterocycles. The van der Waals surface area contributed by atoms with Crippen molar-refractivity contribution in [3.05, 3.63) is 35.9 Å². The number of benzene rings is 1. The van der Waals surface area contributed by atoms with E-state index in [0.717, 1.165) is 12.1 Å². The van der Waals surface area contributed by atoms with Gasteiger partial charge in [0.05, 0.1) is 0 Å². The lowest BCUT2D eigenvalue weighted by molar-refractivity contribution is -0.148. The first-order valence-corrected chi connectivity index (χ1v) is 6.09. The first-order chi connectivity index (χ1) is 8.15. The molecule has 0 radical (unpaired) electrons. The monoisotopic (exact) mass is 271 g/mol. The number of halogens is 1. The summed E-state index contributed by atoms with van der Waals surface area (Å²) in [4.78, 5) is 11.9. The number of esters is 1. The minimum Gasteiger partial charge on any atom is -0.460 e. The van der Waals surface area contributed by atoms with E-state index in [1.807, 2.05) is 51.1 Å². The topological polar surface area (TPSA) is 38.3 Å². The third-order valence-electron chi connectivity index (χ3n) is 2.57. The van der Waals surface area contributed by atoms with Gasteiger partial charge in [-0.05, 0) is 18.0 Å². The highest BCUT2D eigenvalue weighted by atomic mass is 35.5. The molecule has 0 aliphatic carbocycles. The molecule has 0 aliphatic heterocycles. The normalized spacial score (nSPS) is 11.8. The molecule has 1 N–H and O–H groups in total. The van der Waals surface area contributed by atoms with Gasteiger partial charge in [-0.25, -0.2) is 0 Å². The lowest BCUT2D eigenvalue weighted by Gasteiger charge is -2.19. The maximum Gasteiger partial charge on any atom is 0.323 e. The smallest absolute Gasteiger partial charge is 0.323 e. The summed E-state index contributed by atoms with van der Waals surface area (Å²) in [5.41, 5.74) is 1.01. The molecule has 0 fully saturated rings. The Hall–Kier alpha value is -1.06. The van der Waals surface area contributed by atoms with E-state index in [1.54, 1.807) is 0 Å². The van der Waals surface area contributed by atoms with Crippen molar-refractivity contribution in [1.82, 2.24) is 5.32 Å². The highest BCUT2D eigenvalue weighted by molar-refractivity contribution is 5.85. The van der Waals surface area contributed by atoms with Gasteiger partial charge in [-0.3, -0.25) is 4.79 Å². The Bertz CT molecular complexity index is 341. The van der Waals surface area contributed by atoms with Crippen LogP contribution in [0.5, 0.6) is 0 Å². The van der Waals surface area contributed by atoms with E-state index >= 15 is 0 Å². The molecule has 1 atom stereocenters. The van der Waals surface area contributed by atoms with Gasteiger partial charge in [0.1, 0.15) is 12.6 Å². The van der Waals surface area contributed by atoms with E-state index in [1.165, 1.54) is 0 Å². The van der Waals surface area contributed by atoms with Gasteiger partial charge < -0.3 is 10.1 Å². The summed E-state index contributed by atoms with van der Waals surface area (Å²) < 4.78 is 5.30. The first kappa shape index (κ1) is 16.9. The number of carbonyl (C=O) groups excluding carboxylic acids is 1. The molecule has 0 amide bonds. The quantitative estimate of drug-likeness (QED) is 0.809. The molecule has 0 saturated carbocycles. The van der Waals surface area contributed by atoms with Gasteiger partial charge in [0, 0.05) is 0 Å². The van der Waals surface area contributed by atoms with Crippen LogP contribution >= 0.6 is 12.4 Å². The maximum atomic E-state index is 11.9. The molecule has 0 aliphatic rings. The number of rotatable bonds is 6. The Kier molecular flexibility index (Phi) is 8.42. The Labute approximate surface area is 115 Å². The van der Waals surface area contributed by atoms with Gasteiger partial charge in [-0.1, -0.05) is 51.1 Å². The van der Waals surface area contributed by atoms with Crippen LogP contribution in [0.25, 0.3) is 0 Å². The van der Waals surface area contributed by atoms with E-state index in [0.29, 0.717) is 6.61 Å². The summed E-state index contributed by atoms with van der Waals surface area (Å²) in [7, 11) is 0. The van der Waals surface area contributed by atoms with Crippen LogP contribution < -0.4 is 5.32 Å². The summed E-state index contributed by atoms with van der Waals surface area (Å²) in [6, 6.07) is 9.50. The van der Waals surface area contributed by atoms with Crippen LogP contribution in [0, 0.1) is 5.92 Å². The van der Waals surface area contributed by atoms with Crippen LogP contribution in [0.15, 0.2) is 30.3 Å². The van der Waals surface area contributed by atoms with E-state index in [2.05, 4.69) is 5.32 Å². The zero-order valence-corrected chi connectivity index (χ0v) is 12.0. The zero-order chi connectivity index (χ0) is 12.7. The van der Waals surface area contributed by atoms with Gasteiger partial charge in [0.2, 0.25) is 0 Å². The van der Waals surface area contributed by atoms with Crippen LogP contribution in [0.3, 0.4) is 0 Å². The predicted octanol–water partition coefficient (Wildman–Crippen LogP) is 2.79. The molecule has 1 rings (SSSR count). The van der Waals surface area contributed by atoms with E-state index in [4.69, 9.17) is 4.74 Å². The summed E-state index contributed by atoms with van der Waals surface area (Å²) in [5.74, 6) is 0.0592. The number of nitrogens with one attached hydrogen (secondary N) is 1. The van der Waals surface area contributed by atoms with Crippen molar-refractivity contribution in [2.24, 2.45) is 5.92 Å². The second-order valence-electron chi connectivity index (χ2n) is 4.37. The lowest BCUT2D eigenvalue weighted by atomic mass is 10.0. The molecular formula is C14H22ClNO2. The Morgan fingerprint density at radius 3 is 2.39 bits per heavy atom. The molecule has 4 heteroatoms. The molecule has 0 aromatic heterocycles. The van der Waals surface area contributed by atoms with Gasteiger partial charge in [-0.15, -0.1) is 12.4 Å². The van der Waals surface area contributed by atoms with Crippen molar-refractivity contribution in [2.45, 2.75) is 33.4 Å². The fraction of sp³-hybridized carbons (Fsp3) is 0.500. The van der Waals surface area contributed by atoms with Crippen molar-refractivity contribution in [2.75, 3.05) is 6.54 Å². The van der Waals surface area contributed by atoms with Gasteiger partial charge in [-0.2, -0.15) is 0 Å². The van der Waals surface area contributed by atoms with Crippen molar-refractivity contribution in [3.63, 3.8) is 0 Å². The second-order valence-corrected chi connectivity index (χ2v) is 4.37. The predicted molar refractivity (Wildman–Crippen MR) is 75.8 cm³/mol. The van der Waals surface area contributed by atoms with Crippen molar-refractivity contribution >= 4 is 18.4 Å². The summed E-state index contributed by atoms with van der Waals surface area (Å²) >= 11 is 0. The minimum absolute atomic E-state index is 0. The molecule has 3 nitrogen and oxygen atoms in total. The molecule has 0 heterocycles. The van der Waals surface area contributed by atoms with Crippen LogP contribution in [-0.4, -0.2) is 18.6 Å². The summed E-state index contributed by atoms with van der Waals surface area (Å²) in [6.45, 7) is 7.12. The summed E-state index contributed by atoms with van der Waals surface area (Å²) in [5, 5.41) is 3.14. The third-order valence-corrected chi connectivity index (χ3v) is 2.57. The highest BCUT2D eigenvalue weighted by Gasteiger charge is 2.22. The molecule has 0 unspecified atom stereocenters. The van der Waals surface area contributed by atoms with Gasteiger partial charge >= 0.3 is 5.97 Å². The number of hydrogen-bond acceptors (Lipinski definition) is 3. The van der Waals surface area contributed by atoms with Crippen LogP contribution in [0.4, 0.5) is 0 Å². The Morgan fingerprint density at radius 1 is 1.28 bits per heavy atom. The van der Waals surface area contributed by atoms with Crippen molar-refractivity contribution < 1.29 is 9.53 Å². The molecule has 1 aromatic carbocycles. The van der Waals surface area contributed by atoms with Gasteiger partial charge in [0.15, 0.2) is 0 Å². The largest absolute Gasteiger partial charge is 0.460 e. The first-order valence-electron chi connectivity index (χ1n) is 6.09. The average molecular weight is 272 g/mol. The van der Waals surface area contributed by atoms with E-state index in [-0.39, 0.29) is 30.3 Å². The second kappa shape index (κ2) is 8.95. The fourth-order valence-corrected chi connectivity index (χ4v) is 1.63. The molecule has 1 aromatic rings. The van der Waals surface area contributed by atoms with Crippen molar-refractivity contribution in [1.29, 1.82) is 0 Å². The number of carbonyl (C=O) groups is 1. The number of hydrogen-bond donors (Lipinski definition) is 1. The molecule has 18 heavy (non-hydrogen) atoms. The summed E-state index contributed by atoms with van der Waals surface area (Å²) in [6.07, 6.45) is 0. The molecule has 0 bridgehead atoms. The van der Waals surface area contributed by atoms with E-state index in [9.17, 15) is 4.79 Å².